The molecule has 1 saturated carbocycles. The van der Waals surface area contributed by atoms with E-state index < -0.39 is 9.84 Å². The molecule has 7 nitrogen and oxygen atoms in total. The summed E-state index contributed by atoms with van der Waals surface area (Å²) in [5, 5.41) is 0. The molecule has 0 unspecified atom stereocenters. The van der Waals surface area contributed by atoms with E-state index in [-0.39, 0.29) is 10.6 Å². The van der Waals surface area contributed by atoms with E-state index in [2.05, 4.69) is 28.7 Å². The number of pyridine rings is 2. The first kappa shape index (κ1) is 23.2. The molecule has 0 saturated heterocycles. The molecule has 0 spiro atoms. The molecule has 1 fully saturated rings. The second kappa shape index (κ2) is 8.92. The molecule has 5 rings (SSSR count). The fourth-order valence-corrected chi connectivity index (χ4v) is 5.28. The third-order valence-electron chi connectivity index (χ3n) is 6.42. The quantitative estimate of drug-likeness (QED) is 0.310. The van der Waals surface area contributed by atoms with E-state index in [4.69, 9.17) is 9.72 Å². The van der Waals surface area contributed by atoms with Gasteiger partial charge in [0, 0.05) is 30.6 Å². The SMILES string of the molecule is C=C(OCC)c1cnc2c(c1)nc(-c1ncc(-c3ccc(C4CC4)cc3)cc1S(=O)(=O)CC)n2C. The van der Waals surface area contributed by atoms with Crippen molar-refractivity contribution in [2.75, 3.05) is 12.4 Å². The van der Waals surface area contributed by atoms with Crippen LogP contribution in [0, 0.1) is 0 Å². The van der Waals surface area contributed by atoms with Crippen molar-refractivity contribution >= 4 is 26.8 Å². The Morgan fingerprint density at radius 2 is 1.83 bits per heavy atom. The van der Waals surface area contributed by atoms with Crippen molar-refractivity contribution < 1.29 is 13.2 Å². The van der Waals surface area contributed by atoms with Crippen LogP contribution in [-0.4, -0.2) is 40.3 Å². The molecule has 3 heterocycles. The van der Waals surface area contributed by atoms with E-state index in [1.807, 2.05) is 32.2 Å². The van der Waals surface area contributed by atoms with Gasteiger partial charge in [0.2, 0.25) is 0 Å². The summed E-state index contributed by atoms with van der Waals surface area (Å²) >= 11 is 0. The molecular weight excluding hydrogens is 460 g/mol. The van der Waals surface area contributed by atoms with Crippen molar-refractivity contribution in [1.29, 1.82) is 0 Å². The largest absolute Gasteiger partial charge is 0.494 e. The van der Waals surface area contributed by atoms with Gasteiger partial charge in [-0.05, 0) is 48.9 Å². The van der Waals surface area contributed by atoms with Crippen molar-refractivity contribution in [3.63, 3.8) is 0 Å². The van der Waals surface area contributed by atoms with Crippen LogP contribution in [0.5, 0.6) is 0 Å². The number of fused-ring (bicyclic) bond motifs is 1. The number of hydrogen-bond acceptors (Lipinski definition) is 6. The molecule has 0 amide bonds. The maximum absolute atomic E-state index is 13.2. The Morgan fingerprint density at radius 3 is 2.49 bits per heavy atom. The molecule has 0 atom stereocenters. The summed E-state index contributed by atoms with van der Waals surface area (Å²) in [7, 11) is -1.76. The summed E-state index contributed by atoms with van der Waals surface area (Å²) in [4.78, 5) is 14.0. The summed E-state index contributed by atoms with van der Waals surface area (Å²) < 4.78 is 33.6. The van der Waals surface area contributed by atoms with E-state index in [9.17, 15) is 8.42 Å². The lowest BCUT2D eigenvalue weighted by Gasteiger charge is -2.11. The Morgan fingerprint density at radius 1 is 1.09 bits per heavy atom. The first-order valence-electron chi connectivity index (χ1n) is 11.8. The average Bonchev–Trinajstić information content (AvgIpc) is 3.67. The Labute approximate surface area is 205 Å². The second-order valence-corrected chi connectivity index (χ2v) is 11.0. The standard InChI is InChI=1S/C27H28N4O3S/c1-5-34-17(3)21-13-23-26(29-15-21)31(4)27(30-23)25-24(35(32,33)6-2)14-22(16-28-25)20-11-9-19(10-12-20)18-7-8-18/h9-16,18H,3,5-8H2,1-2,4H3. The number of hydrogen-bond donors (Lipinski definition) is 0. The van der Waals surface area contributed by atoms with Crippen molar-refractivity contribution in [2.24, 2.45) is 7.05 Å². The molecule has 0 aliphatic heterocycles. The summed E-state index contributed by atoms with van der Waals surface area (Å²) in [6.07, 6.45) is 5.87. The van der Waals surface area contributed by atoms with Crippen LogP contribution >= 0.6 is 0 Å². The van der Waals surface area contributed by atoms with Crippen LogP contribution in [0.2, 0.25) is 0 Å². The monoisotopic (exact) mass is 488 g/mol. The molecule has 8 heteroatoms. The van der Waals surface area contributed by atoms with Gasteiger partial charge in [-0.1, -0.05) is 37.8 Å². The van der Waals surface area contributed by atoms with Crippen LogP contribution in [0.25, 0.3) is 39.6 Å². The maximum Gasteiger partial charge on any atom is 0.180 e. The minimum Gasteiger partial charge on any atom is -0.494 e. The van der Waals surface area contributed by atoms with E-state index in [0.717, 1.165) is 16.7 Å². The molecule has 0 bridgehead atoms. The van der Waals surface area contributed by atoms with Gasteiger partial charge >= 0.3 is 0 Å². The lowest BCUT2D eigenvalue weighted by atomic mass is 10.0. The third-order valence-corrected chi connectivity index (χ3v) is 8.16. The van der Waals surface area contributed by atoms with E-state index in [1.165, 1.54) is 18.4 Å². The summed E-state index contributed by atoms with van der Waals surface area (Å²) in [6.45, 7) is 7.97. The van der Waals surface area contributed by atoms with E-state index >= 15 is 0 Å². The number of imidazole rings is 1. The minimum atomic E-state index is -3.57. The number of ether oxygens (including phenoxy) is 1. The van der Waals surface area contributed by atoms with Gasteiger partial charge in [0.25, 0.3) is 0 Å². The zero-order valence-corrected chi connectivity index (χ0v) is 21.0. The molecule has 0 N–H and O–H groups in total. The van der Waals surface area contributed by atoms with Gasteiger partial charge in [-0.2, -0.15) is 0 Å². The summed E-state index contributed by atoms with van der Waals surface area (Å²) in [5.41, 5.74) is 5.30. The number of aryl methyl sites for hydroxylation is 1. The number of sulfone groups is 1. The van der Waals surface area contributed by atoms with E-state index in [1.54, 1.807) is 30.0 Å². The lowest BCUT2D eigenvalue weighted by molar-refractivity contribution is 0.299. The molecular formula is C27H28N4O3S. The molecule has 35 heavy (non-hydrogen) atoms. The van der Waals surface area contributed by atoms with Gasteiger partial charge < -0.3 is 9.30 Å². The summed E-state index contributed by atoms with van der Waals surface area (Å²) in [6, 6.07) is 11.9. The van der Waals surface area contributed by atoms with Gasteiger partial charge in [0.15, 0.2) is 21.3 Å². The fourth-order valence-electron chi connectivity index (χ4n) is 4.23. The molecule has 3 aromatic heterocycles. The van der Waals surface area contributed by atoms with Gasteiger partial charge in [0.05, 0.1) is 17.3 Å². The van der Waals surface area contributed by atoms with Gasteiger partial charge in [-0.25, -0.2) is 18.4 Å². The van der Waals surface area contributed by atoms with Crippen LogP contribution < -0.4 is 0 Å². The Bertz CT molecular complexity index is 1530. The van der Waals surface area contributed by atoms with Crippen molar-refractivity contribution in [1.82, 2.24) is 19.5 Å². The second-order valence-electron chi connectivity index (χ2n) is 8.79. The highest BCUT2D eigenvalue weighted by Crippen LogP contribution is 2.40. The van der Waals surface area contributed by atoms with Gasteiger partial charge in [-0.15, -0.1) is 0 Å². The molecule has 4 aromatic rings. The third kappa shape index (κ3) is 4.34. The fraction of sp³-hybridized carbons (Fsp3) is 0.296. The highest BCUT2D eigenvalue weighted by Gasteiger charge is 2.25. The predicted octanol–water partition coefficient (Wildman–Crippen LogP) is 5.38. The van der Waals surface area contributed by atoms with Crippen LogP contribution in [0.15, 0.2) is 60.3 Å². The number of rotatable bonds is 8. The first-order valence-corrected chi connectivity index (χ1v) is 13.5. The minimum absolute atomic E-state index is 0.0354. The van der Waals surface area contributed by atoms with Crippen LogP contribution in [-0.2, 0) is 21.6 Å². The van der Waals surface area contributed by atoms with Crippen LogP contribution in [0.1, 0.15) is 43.7 Å². The molecule has 0 radical (unpaired) electrons. The molecule has 1 aliphatic rings. The summed E-state index contributed by atoms with van der Waals surface area (Å²) in [5.74, 6) is 1.58. The smallest absolute Gasteiger partial charge is 0.180 e. The zero-order valence-electron chi connectivity index (χ0n) is 20.2. The molecule has 180 valence electrons. The average molecular weight is 489 g/mol. The van der Waals surface area contributed by atoms with Crippen LogP contribution in [0.3, 0.4) is 0 Å². The van der Waals surface area contributed by atoms with Crippen molar-refractivity contribution in [2.45, 2.75) is 37.5 Å². The Hall–Kier alpha value is -3.52. The highest BCUT2D eigenvalue weighted by atomic mass is 32.2. The van der Waals surface area contributed by atoms with Crippen LogP contribution in [0.4, 0.5) is 0 Å². The zero-order chi connectivity index (χ0) is 24.7. The molecule has 1 aliphatic carbocycles. The molecule has 1 aromatic carbocycles. The Kier molecular flexibility index (Phi) is 5.92. The predicted molar refractivity (Wildman–Crippen MR) is 138 cm³/mol. The van der Waals surface area contributed by atoms with Gasteiger partial charge in [-0.3, -0.25) is 4.98 Å². The van der Waals surface area contributed by atoms with Crippen molar-refractivity contribution in [3.05, 3.63) is 66.5 Å². The number of nitrogens with zero attached hydrogens (tertiary/aromatic N) is 4. The van der Waals surface area contributed by atoms with E-state index in [0.29, 0.717) is 41.0 Å². The van der Waals surface area contributed by atoms with Gasteiger partial charge in [0.1, 0.15) is 17.0 Å². The lowest BCUT2D eigenvalue weighted by Crippen LogP contribution is -2.09. The first-order chi connectivity index (χ1) is 16.8. The maximum atomic E-state index is 13.2. The topological polar surface area (TPSA) is 87.0 Å². The van der Waals surface area contributed by atoms with Crippen molar-refractivity contribution in [3.8, 4) is 22.6 Å². The highest BCUT2D eigenvalue weighted by molar-refractivity contribution is 7.91. The Balaban J connectivity index is 1.62. The number of benzene rings is 1. The normalized spacial score (nSPS) is 13.8. The number of aromatic nitrogens is 4.